The molecule has 4 heteroatoms. The standard InChI is InChI=1S/C10H20ClNO.ClH/c11-7-10(13)9(12)6-8-4-2-1-3-5-8;/h8-10,13H,1-7,12H2;1H/t9-,10?;/m0./s1. The molecule has 1 aliphatic carbocycles. The first kappa shape index (κ1) is 14.5. The van der Waals surface area contributed by atoms with Crippen LogP contribution in [0.15, 0.2) is 0 Å². The van der Waals surface area contributed by atoms with Crippen molar-refractivity contribution in [3.8, 4) is 0 Å². The van der Waals surface area contributed by atoms with Crippen LogP contribution < -0.4 is 5.73 Å². The number of rotatable bonds is 4. The fourth-order valence-electron chi connectivity index (χ4n) is 2.08. The molecule has 1 unspecified atom stereocenters. The van der Waals surface area contributed by atoms with E-state index in [1.807, 2.05) is 0 Å². The first-order valence-electron chi connectivity index (χ1n) is 5.23. The van der Waals surface area contributed by atoms with Crippen molar-refractivity contribution < 1.29 is 5.11 Å². The van der Waals surface area contributed by atoms with Gasteiger partial charge in [-0.2, -0.15) is 0 Å². The normalized spacial score (nSPS) is 22.5. The van der Waals surface area contributed by atoms with Gasteiger partial charge in [-0.3, -0.25) is 0 Å². The zero-order valence-corrected chi connectivity index (χ0v) is 10.1. The molecule has 86 valence electrons. The molecule has 0 radical (unpaired) electrons. The molecule has 1 aliphatic rings. The second-order valence-electron chi connectivity index (χ2n) is 4.13. The molecule has 0 saturated heterocycles. The van der Waals surface area contributed by atoms with Gasteiger partial charge in [-0.05, 0) is 12.3 Å². The third-order valence-corrected chi connectivity index (χ3v) is 3.30. The highest BCUT2D eigenvalue weighted by atomic mass is 35.5. The number of hydrogen-bond donors (Lipinski definition) is 2. The van der Waals surface area contributed by atoms with Crippen LogP contribution >= 0.6 is 24.0 Å². The molecule has 1 rings (SSSR count). The van der Waals surface area contributed by atoms with Crippen LogP contribution in [-0.2, 0) is 0 Å². The van der Waals surface area contributed by atoms with Crippen molar-refractivity contribution in [1.82, 2.24) is 0 Å². The number of nitrogens with two attached hydrogens (primary N) is 1. The van der Waals surface area contributed by atoms with E-state index < -0.39 is 6.10 Å². The second kappa shape index (κ2) is 7.75. The lowest BCUT2D eigenvalue weighted by atomic mass is 9.84. The molecule has 0 bridgehead atoms. The minimum absolute atomic E-state index is 0. The molecule has 2 nitrogen and oxygen atoms in total. The molecule has 0 amide bonds. The summed E-state index contributed by atoms with van der Waals surface area (Å²) in [5, 5.41) is 9.40. The lowest BCUT2D eigenvalue weighted by Gasteiger charge is -2.26. The van der Waals surface area contributed by atoms with Crippen LogP contribution in [0, 0.1) is 5.92 Å². The Balaban J connectivity index is 0.00000169. The maximum atomic E-state index is 9.40. The molecule has 3 N–H and O–H groups in total. The fourth-order valence-corrected chi connectivity index (χ4v) is 2.31. The van der Waals surface area contributed by atoms with Crippen molar-refractivity contribution >= 4 is 24.0 Å². The second-order valence-corrected chi connectivity index (χ2v) is 4.43. The van der Waals surface area contributed by atoms with Crippen molar-refractivity contribution in [3.05, 3.63) is 0 Å². The van der Waals surface area contributed by atoms with E-state index >= 15 is 0 Å². The van der Waals surface area contributed by atoms with Crippen LogP contribution in [0.5, 0.6) is 0 Å². The molecule has 2 atom stereocenters. The largest absolute Gasteiger partial charge is 0.390 e. The minimum Gasteiger partial charge on any atom is -0.390 e. The van der Waals surface area contributed by atoms with Crippen LogP contribution in [0.2, 0.25) is 0 Å². The molecule has 1 fully saturated rings. The molecule has 0 aliphatic heterocycles. The van der Waals surface area contributed by atoms with Gasteiger partial charge in [0.15, 0.2) is 0 Å². The summed E-state index contributed by atoms with van der Waals surface area (Å²) in [4.78, 5) is 0. The lowest BCUT2D eigenvalue weighted by molar-refractivity contribution is 0.146. The van der Waals surface area contributed by atoms with Gasteiger partial charge in [0.25, 0.3) is 0 Å². The quantitative estimate of drug-likeness (QED) is 0.743. The molecular formula is C10H21Cl2NO. The van der Waals surface area contributed by atoms with E-state index in [9.17, 15) is 5.11 Å². The Kier molecular flexibility index (Phi) is 8.02. The molecule has 0 aromatic heterocycles. The van der Waals surface area contributed by atoms with Crippen molar-refractivity contribution in [1.29, 1.82) is 0 Å². The number of alkyl halides is 1. The smallest absolute Gasteiger partial charge is 0.0826 e. The van der Waals surface area contributed by atoms with Gasteiger partial charge in [0.05, 0.1) is 6.10 Å². The summed E-state index contributed by atoms with van der Waals surface area (Å²) in [7, 11) is 0. The summed E-state index contributed by atoms with van der Waals surface area (Å²) < 4.78 is 0. The average molecular weight is 242 g/mol. The predicted molar refractivity (Wildman–Crippen MR) is 63.1 cm³/mol. The molecule has 0 aromatic carbocycles. The van der Waals surface area contributed by atoms with Crippen LogP contribution in [0.4, 0.5) is 0 Å². The summed E-state index contributed by atoms with van der Waals surface area (Å²) in [5.41, 5.74) is 5.82. The van der Waals surface area contributed by atoms with Crippen LogP contribution in [-0.4, -0.2) is 23.1 Å². The highest BCUT2D eigenvalue weighted by Crippen LogP contribution is 2.27. The Morgan fingerprint density at radius 2 is 1.86 bits per heavy atom. The summed E-state index contributed by atoms with van der Waals surface area (Å²) in [6.45, 7) is 0. The number of aliphatic hydroxyl groups is 1. The van der Waals surface area contributed by atoms with Crippen molar-refractivity contribution in [2.75, 3.05) is 5.88 Å². The van der Waals surface area contributed by atoms with Gasteiger partial charge in [-0.1, -0.05) is 32.1 Å². The van der Waals surface area contributed by atoms with Gasteiger partial charge in [0.1, 0.15) is 0 Å². The first-order chi connectivity index (χ1) is 6.24. The van der Waals surface area contributed by atoms with E-state index in [4.69, 9.17) is 17.3 Å². The van der Waals surface area contributed by atoms with E-state index in [2.05, 4.69) is 0 Å². The molecule has 0 spiro atoms. The van der Waals surface area contributed by atoms with Gasteiger partial charge in [0, 0.05) is 11.9 Å². The van der Waals surface area contributed by atoms with Crippen LogP contribution in [0.3, 0.4) is 0 Å². The zero-order chi connectivity index (χ0) is 9.68. The fraction of sp³-hybridized carbons (Fsp3) is 1.00. The molecule has 0 heterocycles. The van der Waals surface area contributed by atoms with E-state index in [1.165, 1.54) is 32.1 Å². The molecular weight excluding hydrogens is 221 g/mol. The van der Waals surface area contributed by atoms with E-state index in [0.29, 0.717) is 0 Å². The van der Waals surface area contributed by atoms with Crippen molar-refractivity contribution in [3.63, 3.8) is 0 Å². The lowest BCUT2D eigenvalue weighted by Crippen LogP contribution is -2.37. The van der Waals surface area contributed by atoms with Gasteiger partial charge < -0.3 is 10.8 Å². The van der Waals surface area contributed by atoms with Gasteiger partial charge in [-0.25, -0.2) is 0 Å². The molecule has 14 heavy (non-hydrogen) atoms. The van der Waals surface area contributed by atoms with Crippen molar-refractivity contribution in [2.45, 2.75) is 50.7 Å². The SMILES string of the molecule is Cl.N[C@@H](CC1CCCCC1)C(O)CCl. The van der Waals surface area contributed by atoms with Crippen molar-refractivity contribution in [2.24, 2.45) is 11.7 Å². The topological polar surface area (TPSA) is 46.2 Å². The summed E-state index contributed by atoms with van der Waals surface area (Å²) in [6, 6.07) is -0.124. The maximum absolute atomic E-state index is 9.40. The van der Waals surface area contributed by atoms with E-state index in [-0.39, 0.29) is 24.3 Å². The Bertz CT molecular complexity index is 140. The highest BCUT2D eigenvalue weighted by Gasteiger charge is 2.20. The first-order valence-corrected chi connectivity index (χ1v) is 5.77. The predicted octanol–water partition coefficient (Wildman–Crippen LogP) is 2.31. The molecule has 1 saturated carbocycles. The Labute approximate surface area is 97.6 Å². The highest BCUT2D eigenvalue weighted by molar-refractivity contribution is 6.18. The van der Waals surface area contributed by atoms with Gasteiger partial charge in [0.2, 0.25) is 0 Å². The molecule has 0 aromatic rings. The Hall–Kier alpha value is 0.500. The summed E-state index contributed by atoms with van der Waals surface area (Å²) >= 11 is 5.53. The van der Waals surface area contributed by atoms with Crippen LogP contribution in [0.25, 0.3) is 0 Å². The minimum atomic E-state index is -0.524. The monoisotopic (exact) mass is 241 g/mol. The summed E-state index contributed by atoms with van der Waals surface area (Å²) in [6.07, 6.45) is 7.00. The third-order valence-electron chi connectivity index (χ3n) is 2.98. The van der Waals surface area contributed by atoms with E-state index in [0.717, 1.165) is 12.3 Å². The number of aliphatic hydroxyl groups excluding tert-OH is 1. The maximum Gasteiger partial charge on any atom is 0.0826 e. The Morgan fingerprint density at radius 3 is 2.36 bits per heavy atom. The number of halogens is 2. The number of hydrogen-bond acceptors (Lipinski definition) is 2. The van der Waals surface area contributed by atoms with E-state index in [1.54, 1.807) is 0 Å². The third kappa shape index (κ3) is 4.83. The summed E-state index contributed by atoms with van der Waals surface area (Å²) in [5.74, 6) is 0.982. The van der Waals surface area contributed by atoms with Gasteiger partial charge in [-0.15, -0.1) is 24.0 Å². The Morgan fingerprint density at radius 1 is 1.29 bits per heavy atom. The average Bonchev–Trinajstić information content (AvgIpc) is 2.18. The zero-order valence-electron chi connectivity index (χ0n) is 8.49. The van der Waals surface area contributed by atoms with Gasteiger partial charge >= 0.3 is 0 Å². The van der Waals surface area contributed by atoms with Crippen LogP contribution in [0.1, 0.15) is 38.5 Å².